The van der Waals surface area contributed by atoms with E-state index in [0.29, 0.717) is 17.0 Å². The summed E-state index contributed by atoms with van der Waals surface area (Å²) in [6, 6.07) is 10.3. The second-order valence-electron chi connectivity index (χ2n) is 8.24. The minimum atomic E-state index is -1.02. The molecule has 2 aliphatic rings. The van der Waals surface area contributed by atoms with Crippen molar-refractivity contribution in [2.45, 2.75) is 32.2 Å². The maximum atomic E-state index is 13.8. The van der Waals surface area contributed by atoms with Crippen LogP contribution in [0, 0.1) is 11.2 Å². The van der Waals surface area contributed by atoms with Gasteiger partial charge in [0, 0.05) is 12.1 Å². The Morgan fingerprint density at radius 2 is 1.93 bits per heavy atom. The standard InChI is InChI=1S/C21H21ClFN3O/c1-20(2)10-13-5-4-12(14-6-15(22)9-16(23)7-14)8-17(13)21(11-20)18(27)26(3)19(24)25-21/h4-9H,10-11H2,1-3H3,(H2,24,25). The fourth-order valence-electron chi connectivity index (χ4n) is 4.37. The van der Waals surface area contributed by atoms with E-state index in [-0.39, 0.29) is 17.3 Å². The summed E-state index contributed by atoms with van der Waals surface area (Å²) in [5, 5.41) is 0.331. The highest BCUT2D eigenvalue weighted by Gasteiger charge is 2.54. The molecule has 4 rings (SSSR count). The van der Waals surface area contributed by atoms with Crippen LogP contribution in [0.15, 0.2) is 41.4 Å². The molecule has 0 aromatic heterocycles. The highest BCUT2D eigenvalue weighted by molar-refractivity contribution is 6.30. The predicted octanol–water partition coefficient (Wildman–Crippen LogP) is 4.10. The number of nitrogens with zero attached hydrogens (tertiary/aromatic N) is 2. The number of benzene rings is 2. The summed E-state index contributed by atoms with van der Waals surface area (Å²) < 4.78 is 13.8. The molecule has 0 saturated carbocycles. The van der Waals surface area contributed by atoms with E-state index < -0.39 is 11.4 Å². The van der Waals surface area contributed by atoms with E-state index in [0.717, 1.165) is 23.1 Å². The molecule has 6 heteroatoms. The minimum absolute atomic E-state index is 0.0959. The van der Waals surface area contributed by atoms with Gasteiger partial charge >= 0.3 is 0 Å². The van der Waals surface area contributed by atoms with Crippen LogP contribution < -0.4 is 5.73 Å². The van der Waals surface area contributed by atoms with Crippen LogP contribution in [0.4, 0.5) is 4.39 Å². The van der Waals surface area contributed by atoms with E-state index in [1.165, 1.54) is 17.0 Å². The lowest BCUT2D eigenvalue weighted by molar-refractivity contribution is -0.132. The van der Waals surface area contributed by atoms with Gasteiger partial charge in [0.05, 0.1) is 0 Å². The number of hydrogen-bond acceptors (Lipinski definition) is 3. The second kappa shape index (κ2) is 5.80. The van der Waals surface area contributed by atoms with Gasteiger partial charge < -0.3 is 5.73 Å². The Morgan fingerprint density at radius 1 is 1.19 bits per heavy atom. The van der Waals surface area contributed by atoms with Gasteiger partial charge in [-0.3, -0.25) is 9.69 Å². The van der Waals surface area contributed by atoms with Crippen LogP contribution >= 0.6 is 11.6 Å². The molecular weight excluding hydrogens is 365 g/mol. The first-order valence-corrected chi connectivity index (χ1v) is 9.22. The van der Waals surface area contributed by atoms with Gasteiger partial charge in [0.1, 0.15) is 5.82 Å². The fraction of sp³-hybridized carbons (Fsp3) is 0.333. The van der Waals surface area contributed by atoms with Crippen LogP contribution in [0.1, 0.15) is 31.4 Å². The molecule has 1 aliphatic carbocycles. The number of likely N-dealkylation sites (N-methyl/N-ethyl adjacent to an activating group) is 1. The zero-order valence-electron chi connectivity index (χ0n) is 15.5. The summed E-state index contributed by atoms with van der Waals surface area (Å²) >= 11 is 6.02. The molecule has 4 nitrogen and oxygen atoms in total. The van der Waals surface area contributed by atoms with Crippen molar-refractivity contribution in [3.63, 3.8) is 0 Å². The third kappa shape index (κ3) is 2.81. The number of aliphatic imine (C=N–C) groups is 1. The SMILES string of the molecule is CN1C(=O)C2(CC(C)(C)Cc3ccc(-c4cc(F)cc(Cl)c4)cc32)N=C1N. The van der Waals surface area contributed by atoms with Crippen LogP contribution in [-0.4, -0.2) is 23.8 Å². The van der Waals surface area contributed by atoms with Crippen molar-refractivity contribution in [1.29, 1.82) is 0 Å². The Labute approximate surface area is 162 Å². The van der Waals surface area contributed by atoms with Crippen LogP contribution in [0.3, 0.4) is 0 Å². The zero-order chi connectivity index (χ0) is 19.6. The molecule has 2 aromatic rings. The van der Waals surface area contributed by atoms with Gasteiger partial charge in [0.15, 0.2) is 11.5 Å². The first kappa shape index (κ1) is 18.0. The third-order valence-corrected chi connectivity index (χ3v) is 5.68. The number of guanidine groups is 1. The van der Waals surface area contributed by atoms with E-state index in [1.54, 1.807) is 13.1 Å². The topological polar surface area (TPSA) is 58.7 Å². The van der Waals surface area contributed by atoms with Crippen molar-refractivity contribution in [1.82, 2.24) is 4.90 Å². The zero-order valence-corrected chi connectivity index (χ0v) is 16.3. The van der Waals surface area contributed by atoms with Crippen LogP contribution in [0.2, 0.25) is 5.02 Å². The van der Waals surface area contributed by atoms with E-state index in [9.17, 15) is 9.18 Å². The highest BCUT2D eigenvalue weighted by atomic mass is 35.5. The van der Waals surface area contributed by atoms with Gasteiger partial charge in [-0.1, -0.05) is 37.6 Å². The molecule has 1 aliphatic heterocycles. The van der Waals surface area contributed by atoms with Gasteiger partial charge in [-0.2, -0.15) is 0 Å². The number of nitrogens with two attached hydrogens (primary N) is 1. The van der Waals surface area contributed by atoms with E-state index in [4.69, 9.17) is 17.3 Å². The molecule has 1 atom stereocenters. The lowest BCUT2D eigenvalue weighted by Crippen LogP contribution is -2.46. The Bertz CT molecular complexity index is 981. The Kier molecular flexibility index (Phi) is 3.86. The number of fused-ring (bicyclic) bond motifs is 2. The molecule has 0 saturated heterocycles. The summed E-state index contributed by atoms with van der Waals surface area (Å²) in [7, 11) is 1.65. The summed E-state index contributed by atoms with van der Waals surface area (Å²) in [5.74, 6) is -0.295. The molecule has 2 N–H and O–H groups in total. The van der Waals surface area contributed by atoms with Crippen LogP contribution in [0.25, 0.3) is 11.1 Å². The largest absolute Gasteiger partial charge is 0.369 e. The molecule has 1 spiro atoms. The second-order valence-corrected chi connectivity index (χ2v) is 8.68. The monoisotopic (exact) mass is 385 g/mol. The lowest BCUT2D eigenvalue weighted by Gasteiger charge is -2.41. The predicted molar refractivity (Wildman–Crippen MR) is 105 cm³/mol. The molecule has 27 heavy (non-hydrogen) atoms. The summed E-state index contributed by atoms with van der Waals surface area (Å²) in [5.41, 5.74) is 8.25. The van der Waals surface area contributed by atoms with Crippen molar-refractivity contribution in [2.75, 3.05) is 7.05 Å². The number of carbonyl (C=O) groups excluding carboxylic acids is 1. The van der Waals surface area contributed by atoms with Gasteiger partial charge in [0.2, 0.25) is 0 Å². The van der Waals surface area contributed by atoms with Gasteiger partial charge in [-0.05, 0) is 64.8 Å². The quantitative estimate of drug-likeness (QED) is 0.803. The normalized spacial score (nSPS) is 23.5. The average Bonchev–Trinajstić information content (AvgIpc) is 2.77. The van der Waals surface area contributed by atoms with Crippen molar-refractivity contribution < 1.29 is 9.18 Å². The smallest absolute Gasteiger partial charge is 0.261 e. The summed E-state index contributed by atoms with van der Waals surface area (Å²) in [6.45, 7) is 4.27. The van der Waals surface area contributed by atoms with Crippen molar-refractivity contribution in [3.8, 4) is 11.1 Å². The minimum Gasteiger partial charge on any atom is -0.369 e. The maximum Gasteiger partial charge on any atom is 0.261 e. The van der Waals surface area contributed by atoms with Crippen LogP contribution in [0.5, 0.6) is 0 Å². The lowest BCUT2D eigenvalue weighted by atomic mass is 9.65. The fourth-order valence-corrected chi connectivity index (χ4v) is 4.59. The Balaban J connectivity index is 1.93. The molecule has 0 bridgehead atoms. The van der Waals surface area contributed by atoms with E-state index >= 15 is 0 Å². The van der Waals surface area contributed by atoms with Crippen molar-refractivity contribution in [3.05, 3.63) is 58.4 Å². The maximum absolute atomic E-state index is 13.8. The number of carbonyl (C=O) groups is 1. The number of rotatable bonds is 1. The first-order chi connectivity index (χ1) is 12.6. The molecule has 0 fully saturated rings. The number of hydrogen-bond donors (Lipinski definition) is 1. The Hall–Kier alpha value is -2.40. The Morgan fingerprint density at radius 3 is 2.56 bits per heavy atom. The van der Waals surface area contributed by atoms with Crippen LogP contribution in [-0.2, 0) is 16.8 Å². The molecule has 0 radical (unpaired) electrons. The molecular formula is C21H21ClFN3O. The number of amides is 1. The van der Waals surface area contributed by atoms with E-state index in [1.807, 2.05) is 18.2 Å². The first-order valence-electron chi connectivity index (χ1n) is 8.85. The molecule has 140 valence electrons. The molecule has 1 heterocycles. The van der Waals surface area contributed by atoms with Crippen molar-refractivity contribution in [2.24, 2.45) is 16.1 Å². The van der Waals surface area contributed by atoms with Gasteiger partial charge in [0.25, 0.3) is 5.91 Å². The van der Waals surface area contributed by atoms with Gasteiger partial charge in [-0.15, -0.1) is 0 Å². The number of halogens is 2. The molecule has 2 aromatic carbocycles. The summed E-state index contributed by atoms with van der Waals surface area (Å²) in [6.07, 6.45) is 1.41. The third-order valence-electron chi connectivity index (χ3n) is 5.46. The average molecular weight is 386 g/mol. The molecule has 1 unspecified atom stereocenters. The van der Waals surface area contributed by atoms with E-state index in [2.05, 4.69) is 18.8 Å². The van der Waals surface area contributed by atoms with Gasteiger partial charge in [-0.25, -0.2) is 9.38 Å². The van der Waals surface area contributed by atoms with Crippen molar-refractivity contribution >= 4 is 23.5 Å². The summed E-state index contributed by atoms with van der Waals surface area (Å²) in [4.78, 5) is 19.2. The highest BCUT2D eigenvalue weighted by Crippen LogP contribution is 2.50. The molecule has 1 amide bonds.